The van der Waals surface area contributed by atoms with Crippen LogP contribution in [-0.2, 0) is 22.6 Å². The van der Waals surface area contributed by atoms with Crippen LogP contribution in [0.15, 0.2) is 51.2 Å². The number of carbonyl (C=O) groups is 1. The minimum atomic E-state index is -1.03. The van der Waals surface area contributed by atoms with Crippen molar-refractivity contribution in [2.75, 3.05) is 13.1 Å². The predicted molar refractivity (Wildman–Crippen MR) is 138 cm³/mol. The number of phenols is 2. The SMILES string of the molecule is CC=C(CNCC)C(=O)OC1Cc2c(c(-c3cccc(O)c3)c3oc(CO)cc(=O)c3c2O)OC1(C)C. The van der Waals surface area contributed by atoms with Crippen molar-refractivity contribution >= 4 is 16.9 Å². The molecule has 1 aliphatic heterocycles. The van der Waals surface area contributed by atoms with Crippen LogP contribution in [-0.4, -0.2) is 46.1 Å². The van der Waals surface area contributed by atoms with E-state index in [1.807, 2.05) is 6.92 Å². The van der Waals surface area contributed by atoms with E-state index < -0.39 is 29.7 Å². The molecule has 4 rings (SSSR count). The summed E-state index contributed by atoms with van der Waals surface area (Å²) in [5.41, 5.74) is 0.00125. The summed E-state index contributed by atoms with van der Waals surface area (Å²) in [7, 11) is 0. The maximum atomic E-state index is 13.0. The zero-order valence-electron chi connectivity index (χ0n) is 21.3. The van der Waals surface area contributed by atoms with Gasteiger partial charge in [-0.2, -0.15) is 0 Å². The fourth-order valence-corrected chi connectivity index (χ4v) is 4.46. The Labute approximate surface area is 214 Å². The zero-order valence-corrected chi connectivity index (χ0v) is 21.3. The highest BCUT2D eigenvalue weighted by Gasteiger charge is 2.43. The third-order valence-electron chi connectivity index (χ3n) is 6.50. The van der Waals surface area contributed by atoms with Gasteiger partial charge in [0.25, 0.3) is 0 Å². The lowest BCUT2D eigenvalue weighted by Gasteiger charge is -2.40. The molecule has 0 bridgehead atoms. The Balaban J connectivity index is 1.91. The molecule has 1 aromatic heterocycles. The first kappa shape index (κ1) is 26.2. The summed E-state index contributed by atoms with van der Waals surface area (Å²) in [6, 6.07) is 7.44. The first-order valence-electron chi connectivity index (χ1n) is 12.1. The maximum absolute atomic E-state index is 13.0. The highest BCUT2D eigenvalue weighted by Crippen LogP contribution is 2.50. The maximum Gasteiger partial charge on any atom is 0.335 e. The second kappa shape index (κ2) is 10.3. The number of aliphatic hydroxyl groups is 1. The Morgan fingerprint density at radius 1 is 1.27 bits per heavy atom. The molecule has 0 spiro atoms. The average Bonchev–Trinajstić information content (AvgIpc) is 2.85. The van der Waals surface area contributed by atoms with Crippen molar-refractivity contribution < 1.29 is 34.0 Å². The van der Waals surface area contributed by atoms with Crippen LogP contribution in [0.25, 0.3) is 22.1 Å². The lowest BCUT2D eigenvalue weighted by molar-refractivity contribution is -0.156. The normalized spacial score (nSPS) is 16.8. The molecule has 1 atom stereocenters. The number of ether oxygens (including phenoxy) is 2. The number of phenolic OH excluding ortho intramolecular Hbond substituents is 2. The van der Waals surface area contributed by atoms with Gasteiger partial charge in [-0.15, -0.1) is 0 Å². The van der Waals surface area contributed by atoms with Crippen LogP contribution < -0.4 is 15.5 Å². The molecule has 3 aromatic rings. The van der Waals surface area contributed by atoms with Crippen LogP contribution in [0, 0.1) is 0 Å². The van der Waals surface area contributed by atoms with E-state index in [9.17, 15) is 24.9 Å². The van der Waals surface area contributed by atoms with Gasteiger partial charge in [0.05, 0.1) is 5.56 Å². The molecule has 1 unspecified atom stereocenters. The van der Waals surface area contributed by atoms with E-state index in [1.165, 1.54) is 12.1 Å². The molecule has 2 heterocycles. The van der Waals surface area contributed by atoms with Crippen LogP contribution in [0.5, 0.6) is 17.2 Å². The quantitative estimate of drug-likeness (QED) is 0.278. The van der Waals surface area contributed by atoms with Gasteiger partial charge in [0.2, 0.25) is 0 Å². The molecule has 0 aliphatic carbocycles. The molecule has 0 amide bonds. The molecule has 4 N–H and O–H groups in total. The van der Waals surface area contributed by atoms with Crippen molar-refractivity contribution in [1.29, 1.82) is 0 Å². The molecule has 37 heavy (non-hydrogen) atoms. The second-order valence-corrected chi connectivity index (χ2v) is 9.42. The van der Waals surface area contributed by atoms with Gasteiger partial charge in [0.15, 0.2) is 11.0 Å². The average molecular weight is 510 g/mol. The highest BCUT2D eigenvalue weighted by atomic mass is 16.6. The predicted octanol–water partition coefficient (Wildman–Crippen LogP) is 3.54. The number of allylic oxidation sites excluding steroid dienone is 1. The number of nitrogens with one attached hydrogen (secondary N) is 1. The van der Waals surface area contributed by atoms with Crippen molar-refractivity contribution in [1.82, 2.24) is 5.32 Å². The van der Waals surface area contributed by atoms with Crippen LogP contribution in [0.1, 0.15) is 39.0 Å². The van der Waals surface area contributed by atoms with Gasteiger partial charge in [0.1, 0.15) is 46.7 Å². The van der Waals surface area contributed by atoms with Crippen LogP contribution in [0.3, 0.4) is 0 Å². The summed E-state index contributed by atoms with van der Waals surface area (Å²) >= 11 is 0. The zero-order chi connectivity index (χ0) is 26.9. The third kappa shape index (κ3) is 4.92. The second-order valence-electron chi connectivity index (χ2n) is 9.42. The molecule has 0 saturated heterocycles. The van der Waals surface area contributed by atoms with Gasteiger partial charge in [0, 0.05) is 30.2 Å². The van der Waals surface area contributed by atoms with Gasteiger partial charge < -0.3 is 34.5 Å². The molecule has 9 nitrogen and oxygen atoms in total. The minimum absolute atomic E-state index is 0.0136. The number of likely N-dealkylation sites (N-methyl/N-ethyl adjacent to an activating group) is 1. The van der Waals surface area contributed by atoms with Gasteiger partial charge in [-0.3, -0.25) is 4.79 Å². The Kier molecular flexibility index (Phi) is 7.29. The molecular weight excluding hydrogens is 478 g/mol. The standard InChI is InChI=1S/C28H31NO8/c1-5-15(13-29-6-2)27(34)36-21-12-19-24(33)23-20(32)11-18(14-30)35-26(23)22(25(19)37-28(21,3)4)16-8-7-9-17(31)10-16/h5,7-11,21,29-31,33H,6,12-14H2,1-4H3. The number of aliphatic hydroxyl groups excluding tert-OH is 1. The minimum Gasteiger partial charge on any atom is -0.508 e. The number of aromatic hydroxyl groups is 2. The van der Waals surface area contributed by atoms with E-state index in [4.69, 9.17) is 13.9 Å². The molecule has 2 aromatic carbocycles. The molecule has 9 heteroatoms. The molecule has 0 saturated carbocycles. The van der Waals surface area contributed by atoms with Crippen molar-refractivity contribution in [3.05, 3.63) is 63.5 Å². The Bertz CT molecular complexity index is 1440. The smallest absolute Gasteiger partial charge is 0.335 e. The van der Waals surface area contributed by atoms with E-state index >= 15 is 0 Å². The number of carbonyl (C=O) groups excluding carboxylic acids is 1. The number of esters is 1. The molecule has 1 aliphatic rings. The lowest BCUT2D eigenvalue weighted by atomic mass is 9.86. The highest BCUT2D eigenvalue weighted by molar-refractivity contribution is 6.01. The van der Waals surface area contributed by atoms with Gasteiger partial charge >= 0.3 is 5.97 Å². The largest absolute Gasteiger partial charge is 0.508 e. The van der Waals surface area contributed by atoms with Crippen molar-refractivity contribution in [3.8, 4) is 28.4 Å². The van der Waals surface area contributed by atoms with Crippen molar-refractivity contribution in [3.63, 3.8) is 0 Å². The first-order valence-corrected chi connectivity index (χ1v) is 12.1. The molecular formula is C28H31NO8. The fourth-order valence-electron chi connectivity index (χ4n) is 4.46. The number of benzene rings is 2. The number of fused-ring (bicyclic) bond motifs is 2. The first-order chi connectivity index (χ1) is 17.6. The summed E-state index contributed by atoms with van der Waals surface area (Å²) in [6.07, 6.45) is 0.971. The van der Waals surface area contributed by atoms with E-state index in [-0.39, 0.29) is 46.0 Å². The van der Waals surface area contributed by atoms with Crippen LogP contribution in [0.2, 0.25) is 0 Å². The Morgan fingerprint density at radius 3 is 2.68 bits per heavy atom. The monoisotopic (exact) mass is 509 g/mol. The van der Waals surface area contributed by atoms with Gasteiger partial charge in [-0.05, 0) is 45.0 Å². The summed E-state index contributed by atoms with van der Waals surface area (Å²) in [4.78, 5) is 25.9. The molecule has 196 valence electrons. The van der Waals surface area contributed by atoms with Gasteiger partial charge in [-0.1, -0.05) is 25.1 Å². The number of rotatable bonds is 7. The summed E-state index contributed by atoms with van der Waals surface area (Å²) in [6.45, 7) is 7.74. The van der Waals surface area contributed by atoms with E-state index in [2.05, 4.69) is 5.32 Å². The summed E-state index contributed by atoms with van der Waals surface area (Å²) in [5.74, 6) is -0.615. The van der Waals surface area contributed by atoms with E-state index in [0.29, 0.717) is 29.8 Å². The topological polar surface area (TPSA) is 138 Å². The summed E-state index contributed by atoms with van der Waals surface area (Å²) in [5, 5.41) is 34.0. The van der Waals surface area contributed by atoms with Crippen LogP contribution in [0.4, 0.5) is 0 Å². The third-order valence-corrected chi connectivity index (χ3v) is 6.50. The summed E-state index contributed by atoms with van der Waals surface area (Å²) < 4.78 is 18.1. The number of hydrogen-bond donors (Lipinski definition) is 4. The lowest BCUT2D eigenvalue weighted by Crippen LogP contribution is -2.49. The molecule has 0 radical (unpaired) electrons. The van der Waals surface area contributed by atoms with E-state index in [0.717, 1.165) is 6.07 Å². The Hall–Kier alpha value is -3.82. The van der Waals surface area contributed by atoms with Crippen LogP contribution >= 0.6 is 0 Å². The fraction of sp³-hybridized carbons (Fsp3) is 0.357. The molecule has 0 fully saturated rings. The Morgan fingerprint density at radius 2 is 2.03 bits per heavy atom. The van der Waals surface area contributed by atoms with Crippen molar-refractivity contribution in [2.24, 2.45) is 0 Å². The number of hydrogen-bond acceptors (Lipinski definition) is 9. The van der Waals surface area contributed by atoms with E-state index in [1.54, 1.807) is 39.0 Å². The van der Waals surface area contributed by atoms with Crippen molar-refractivity contribution in [2.45, 2.75) is 52.4 Å². The van der Waals surface area contributed by atoms with Gasteiger partial charge in [-0.25, -0.2) is 4.79 Å².